The maximum absolute atomic E-state index is 11.4. The van der Waals surface area contributed by atoms with E-state index in [-0.39, 0.29) is 18.7 Å². The highest BCUT2D eigenvalue weighted by Crippen LogP contribution is 2.02. The molecule has 0 fully saturated rings. The van der Waals surface area contributed by atoms with E-state index in [0.29, 0.717) is 5.56 Å². The fourth-order valence-corrected chi connectivity index (χ4v) is 1.05. The third-order valence-electron chi connectivity index (χ3n) is 1.79. The summed E-state index contributed by atoms with van der Waals surface area (Å²) in [6.45, 7) is 5.45. The molecular weight excluding hydrogens is 192 g/mol. The lowest BCUT2D eigenvalue weighted by atomic mass is 10.2. The summed E-state index contributed by atoms with van der Waals surface area (Å²) in [5.74, 6) is -0.338. The van der Waals surface area contributed by atoms with Crippen molar-refractivity contribution in [2.75, 3.05) is 6.61 Å². The van der Waals surface area contributed by atoms with Crippen molar-refractivity contribution in [2.24, 2.45) is 0 Å². The first-order chi connectivity index (χ1) is 7.24. The van der Waals surface area contributed by atoms with E-state index in [2.05, 4.69) is 6.58 Å². The molecule has 1 rings (SSSR count). The number of ether oxygens (including phenoxy) is 2. The number of benzene rings is 1. The lowest BCUT2D eigenvalue weighted by Crippen LogP contribution is -2.17. The number of hydrogen-bond acceptors (Lipinski definition) is 3. The third-order valence-corrected chi connectivity index (χ3v) is 1.79. The molecular formula is C12H14O3. The average molecular weight is 206 g/mol. The van der Waals surface area contributed by atoms with Crippen LogP contribution < -0.4 is 0 Å². The van der Waals surface area contributed by atoms with E-state index < -0.39 is 0 Å². The van der Waals surface area contributed by atoms with Gasteiger partial charge in [0.1, 0.15) is 12.7 Å². The van der Waals surface area contributed by atoms with Gasteiger partial charge in [-0.15, -0.1) is 0 Å². The van der Waals surface area contributed by atoms with E-state index in [0.717, 1.165) is 0 Å². The molecule has 0 aliphatic rings. The van der Waals surface area contributed by atoms with E-state index in [1.54, 1.807) is 31.2 Å². The van der Waals surface area contributed by atoms with Gasteiger partial charge in [-0.3, -0.25) is 0 Å². The Labute approximate surface area is 89.3 Å². The van der Waals surface area contributed by atoms with Crippen LogP contribution in [-0.2, 0) is 9.47 Å². The van der Waals surface area contributed by atoms with Crippen LogP contribution in [0.25, 0.3) is 0 Å². The number of carbonyl (C=O) groups is 1. The van der Waals surface area contributed by atoms with Crippen LogP contribution in [0.3, 0.4) is 0 Å². The lowest BCUT2D eigenvalue weighted by Gasteiger charge is -2.11. The zero-order valence-electron chi connectivity index (χ0n) is 8.68. The summed E-state index contributed by atoms with van der Waals surface area (Å²) in [5.41, 5.74) is 0.545. The molecule has 1 aromatic carbocycles. The molecule has 0 bridgehead atoms. The summed E-state index contributed by atoms with van der Waals surface area (Å²) < 4.78 is 10.0. The van der Waals surface area contributed by atoms with Crippen LogP contribution in [0.5, 0.6) is 0 Å². The minimum absolute atomic E-state index is 0.171. The topological polar surface area (TPSA) is 35.5 Å². The maximum atomic E-state index is 11.4. The molecule has 80 valence electrons. The van der Waals surface area contributed by atoms with E-state index >= 15 is 0 Å². The zero-order chi connectivity index (χ0) is 11.1. The Kier molecular flexibility index (Phi) is 4.41. The van der Waals surface area contributed by atoms with E-state index in [9.17, 15) is 4.79 Å². The molecule has 0 N–H and O–H groups in total. The minimum atomic E-state index is -0.338. The van der Waals surface area contributed by atoms with Gasteiger partial charge in [-0.2, -0.15) is 0 Å². The van der Waals surface area contributed by atoms with Crippen LogP contribution >= 0.6 is 0 Å². The summed E-state index contributed by atoms with van der Waals surface area (Å²) >= 11 is 0. The van der Waals surface area contributed by atoms with Crippen molar-refractivity contribution in [3.05, 3.63) is 48.7 Å². The molecule has 3 heteroatoms. The van der Waals surface area contributed by atoms with E-state index in [1.165, 1.54) is 6.26 Å². The van der Waals surface area contributed by atoms with E-state index in [4.69, 9.17) is 9.47 Å². The van der Waals surface area contributed by atoms with Crippen LogP contribution in [-0.4, -0.2) is 18.7 Å². The normalized spacial score (nSPS) is 11.5. The molecule has 0 aromatic heterocycles. The smallest absolute Gasteiger partial charge is 0.338 e. The lowest BCUT2D eigenvalue weighted by molar-refractivity contribution is 0.0261. The molecule has 0 spiro atoms. The maximum Gasteiger partial charge on any atom is 0.338 e. The highest BCUT2D eigenvalue weighted by atomic mass is 16.6. The van der Waals surface area contributed by atoms with Crippen LogP contribution in [0.2, 0.25) is 0 Å². The van der Waals surface area contributed by atoms with Gasteiger partial charge in [0.05, 0.1) is 11.8 Å². The van der Waals surface area contributed by atoms with Crippen molar-refractivity contribution in [3.8, 4) is 0 Å². The zero-order valence-corrected chi connectivity index (χ0v) is 8.68. The van der Waals surface area contributed by atoms with Crippen molar-refractivity contribution in [2.45, 2.75) is 13.0 Å². The second-order valence-electron chi connectivity index (χ2n) is 3.08. The fraction of sp³-hybridized carbons (Fsp3) is 0.250. The van der Waals surface area contributed by atoms with Crippen molar-refractivity contribution < 1.29 is 14.3 Å². The minimum Gasteiger partial charge on any atom is -0.495 e. The van der Waals surface area contributed by atoms with Crippen molar-refractivity contribution in [1.29, 1.82) is 0 Å². The average Bonchev–Trinajstić information content (AvgIpc) is 2.27. The van der Waals surface area contributed by atoms with Crippen molar-refractivity contribution >= 4 is 5.97 Å². The van der Waals surface area contributed by atoms with Gasteiger partial charge < -0.3 is 9.47 Å². The molecule has 0 aliphatic carbocycles. The Morgan fingerprint density at radius 2 is 2.13 bits per heavy atom. The first-order valence-electron chi connectivity index (χ1n) is 4.72. The van der Waals surface area contributed by atoms with E-state index in [1.807, 2.05) is 6.07 Å². The Morgan fingerprint density at radius 1 is 1.47 bits per heavy atom. The quantitative estimate of drug-likeness (QED) is 0.548. The number of carbonyl (C=O) groups excluding carboxylic acids is 1. The molecule has 0 aliphatic heterocycles. The standard InChI is InChI=1S/C12H14O3/c1-3-14-10(2)9-15-12(13)11-7-5-4-6-8-11/h3-8,10H,1,9H2,2H3. The second kappa shape index (κ2) is 5.86. The molecule has 0 saturated heterocycles. The molecule has 1 aromatic rings. The Bertz CT molecular complexity index is 319. The summed E-state index contributed by atoms with van der Waals surface area (Å²) in [5, 5.41) is 0. The SMILES string of the molecule is C=COC(C)COC(=O)c1ccccc1. The first-order valence-corrected chi connectivity index (χ1v) is 4.72. The summed E-state index contributed by atoms with van der Waals surface area (Å²) in [4.78, 5) is 11.4. The highest BCUT2D eigenvalue weighted by Gasteiger charge is 2.08. The van der Waals surface area contributed by atoms with Crippen LogP contribution in [0.15, 0.2) is 43.2 Å². The van der Waals surface area contributed by atoms with Gasteiger partial charge in [-0.1, -0.05) is 24.8 Å². The predicted octanol–water partition coefficient (Wildman–Crippen LogP) is 2.39. The highest BCUT2D eigenvalue weighted by molar-refractivity contribution is 5.89. The Hall–Kier alpha value is -1.77. The summed E-state index contributed by atoms with van der Waals surface area (Å²) in [6.07, 6.45) is 1.16. The Balaban J connectivity index is 2.40. The Morgan fingerprint density at radius 3 is 2.73 bits per heavy atom. The predicted molar refractivity (Wildman–Crippen MR) is 57.5 cm³/mol. The molecule has 0 saturated carbocycles. The van der Waals surface area contributed by atoms with Gasteiger partial charge >= 0.3 is 5.97 Å². The molecule has 1 atom stereocenters. The second-order valence-corrected chi connectivity index (χ2v) is 3.08. The third kappa shape index (κ3) is 3.85. The number of rotatable bonds is 5. The molecule has 1 unspecified atom stereocenters. The molecule has 0 amide bonds. The van der Waals surface area contributed by atoms with Crippen molar-refractivity contribution in [1.82, 2.24) is 0 Å². The van der Waals surface area contributed by atoms with Gasteiger partial charge in [-0.25, -0.2) is 4.79 Å². The molecule has 3 nitrogen and oxygen atoms in total. The van der Waals surface area contributed by atoms with Crippen LogP contribution in [0.4, 0.5) is 0 Å². The monoisotopic (exact) mass is 206 g/mol. The van der Waals surface area contributed by atoms with Crippen molar-refractivity contribution in [3.63, 3.8) is 0 Å². The first kappa shape index (κ1) is 11.3. The number of hydrogen-bond donors (Lipinski definition) is 0. The van der Waals surface area contributed by atoms with Crippen LogP contribution in [0, 0.1) is 0 Å². The van der Waals surface area contributed by atoms with Gasteiger partial charge in [0.15, 0.2) is 0 Å². The van der Waals surface area contributed by atoms with Gasteiger partial charge in [0.2, 0.25) is 0 Å². The fourth-order valence-electron chi connectivity index (χ4n) is 1.05. The molecule has 0 heterocycles. The largest absolute Gasteiger partial charge is 0.495 e. The van der Waals surface area contributed by atoms with Gasteiger partial charge in [0, 0.05) is 0 Å². The molecule has 0 radical (unpaired) electrons. The van der Waals surface area contributed by atoms with Gasteiger partial charge in [-0.05, 0) is 19.1 Å². The number of esters is 1. The molecule has 15 heavy (non-hydrogen) atoms. The summed E-state index contributed by atoms with van der Waals surface area (Å²) in [6, 6.07) is 8.85. The van der Waals surface area contributed by atoms with Crippen LogP contribution in [0.1, 0.15) is 17.3 Å². The summed E-state index contributed by atoms with van der Waals surface area (Å²) in [7, 11) is 0. The van der Waals surface area contributed by atoms with Gasteiger partial charge in [0.25, 0.3) is 0 Å².